The Morgan fingerprint density at radius 2 is 2.17 bits per heavy atom. The van der Waals surface area contributed by atoms with Gasteiger partial charge < -0.3 is 4.84 Å². The Morgan fingerprint density at radius 3 is 2.78 bits per heavy atom. The van der Waals surface area contributed by atoms with Crippen LogP contribution in [0.5, 0.6) is 0 Å². The molecule has 1 aromatic carbocycles. The lowest BCUT2D eigenvalue weighted by molar-refractivity contribution is -0.00482. The van der Waals surface area contributed by atoms with Gasteiger partial charge in [0.05, 0.1) is 10.6 Å². The van der Waals surface area contributed by atoms with Crippen LogP contribution in [-0.2, 0) is 10.4 Å². The van der Waals surface area contributed by atoms with Gasteiger partial charge in [-0.3, -0.25) is 0 Å². The van der Waals surface area contributed by atoms with Crippen LogP contribution in [0, 0.1) is 6.92 Å². The number of rotatable bonds is 1. The summed E-state index contributed by atoms with van der Waals surface area (Å²) in [6.07, 6.45) is 0.846. The van der Waals surface area contributed by atoms with Crippen molar-refractivity contribution in [3.05, 3.63) is 33.7 Å². The van der Waals surface area contributed by atoms with E-state index in [0.717, 1.165) is 22.5 Å². The van der Waals surface area contributed by atoms with Gasteiger partial charge in [0.15, 0.2) is 5.60 Å². The zero-order chi connectivity index (χ0) is 12.9. The minimum absolute atomic E-state index is 0.332. The van der Waals surface area contributed by atoms with Crippen LogP contribution in [0.25, 0.3) is 10.1 Å². The van der Waals surface area contributed by atoms with Gasteiger partial charge in [-0.2, -0.15) is 0 Å². The number of aryl methyl sites for hydroxylation is 1. The van der Waals surface area contributed by atoms with Gasteiger partial charge in [-0.15, -0.1) is 11.3 Å². The molecule has 18 heavy (non-hydrogen) atoms. The fourth-order valence-electron chi connectivity index (χ4n) is 2.61. The Hall–Kier alpha value is -1.06. The molecule has 1 aliphatic heterocycles. The first kappa shape index (κ1) is 12.0. The number of halogens is 1. The number of hydrogen-bond acceptors (Lipinski definition) is 3. The highest BCUT2D eigenvalue weighted by atomic mass is 35.5. The molecule has 0 aliphatic carbocycles. The van der Waals surface area contributed by atoms with Gasteiger partial charge in [0.2, 0.25) is 0 Å². The van der Waals surface area contributed by atoms with E-state index in [9.17, 15) is 0 Å². The molecule has 4 heteroatoms. The smallest absolute Gasteiger partial charge is 0.174 e. The van der Waals surface area contributed by atoms with Crippen LogP contribution in [-0.4, -0.2) is 5.71 Å². The molecule has 0 amide bonds. The number of nitrogens with zero attached hydrogens (tertiary/aromatic N) is 1. The van der Waals surface area contributed by atoms with E-state index in [1.807, 2.05) is 19.1 Å². The lowest BCUT2D eigenvalue weighted by atomic mass is 9.95. The minimum atomic E-state index is -0.332. The Labute approximate surface area is 115 Å². The first-order chi connectivity index (χ1) is 8.51. The summed E-state index contributed by atoms with van der Waals surface area (Å²) in [5, 5.41) is 6.05. The van der Waals surface area contributed by atoms with Crippen LogP contribution >= 0.6 is 22.9 Å². The average molecular weight is 280 g/mol. The van der Waals surface area contributed by atoms with Crippen LogP contribution in [0.1, 0.15) is 30.7 Å². The molecular formula is C14H14ClNOS. The van der Waals surface area contributed by atoms with Gasteiger partial charge in [0, 0.05) is 21.5 Å². The van der Waals surface area contributed by atoms with Crippen LogP contribution < -0.4 is 0 Å². The number of fused-ring (bicyclic) bond motifs is 1. The zero-order valence-electron chi connectivity index (χ0n) is 10.6. The second-order valence-corrected chi connectivity index (χ2v) is 6.45. The lowest BCUT2D eigenvalue weighted by Gasteiger charge is -2.20. The quantitative estimate of drug-likeness (QED) is 0.729. The van der Waals surface area contributed by atoms with Gasteiger partial charge >= 0.3 is 0 Å². The number of thiophene rings is 1. The van der Waals surface area contributed by atoms with E-state index in [2.05, 4.69) is 25.1 Å². The fraction of sp³-hybridized carbons (Fsp3) is 0.357. The third-order valence-corrected chi connectivity index (χ3v) is 5.20. The van der Waals surface area contributed by atoms with Crippen molar-refractivity contribution in [2.45, 2.75) is 32.8 Å². The molecule has 2 nitrogen and oxygen atoms in total. The second-order valence-electron chi connectivity index (χ2n) is 4.99. The molecule has 0 spiro atoms. The van der Waals surface area contributed by atoms with E-state index in [1.165, 1.54) is 15.1 Å². The molecule has 0 radical (unpaired) electrons. The van der Waals surface area contributed by atoms with Crippen LogP contribution in [0.2, 0.25) is 5.02 Å². The molecule has 1 unspecified atom stereocenters. The Kier molecular flexibility index (Phi) is 2.65. The van der Waals surface area contributed by atoms with Gasteiger partial charge in [-0.1, -0.05) is 22.8 Å². The summed E-state index contributed by atoms with van der Waals surface area (Å²) < 4.78 is 1.21. The monoisotopic (exact) mass is 279 g/mol. The van der Waals surface area contributed by atoms with E-state index in [1.54, 1.807) is 11.3 Å². The molecule has 3 rings (SSSR count). The normalized spacial score (nSPS) is 23.2. The highest BCUT2D eigenvalue weighted by molar-refractivity contribution is 7.19. The number of benzene rings is 1. The second kappa shape index (κ2) is 3.97. The summed E-state index contributed by atoms with van der Waals surface area (Å²) >= 11 is 8.05. The molecule has 2 aromatic rings. The average Bonchev–Trinajstić information content (AvgIpc) is 2.83. The molecule has 1 aromatic heterocycles. The van der Waals surface area contributed by atoms with Crippen molar-refractivity contribution in [3.8, 4) is 0 Å². The predicted octanol–water partition coefficient (Wildman–Crippen LogP) is 4.87. The summed E-state index contributed by atoms with van der Waals surface area (Å²) in [5.74, 6) is 0. The van der Waals surface area contributed by atoms with Crippen molar-refractivity contribution in [1.82, 2.24) is 0 Å². The topological polar surface area (TPSA) is 21.6 Å². The molecule has 0 saturated carbocycles. The summed E-state index contributed by atoms with van der Waals surface area (Å²) in [6.45, 7) is 6.21. The summed E-state index contributed by atoms with van der Waals surface area (Å²) in [4.78, 5) is 6.87. The lowest BCUT2D eigenvalue weighted by Crippen LogP contribution is -2.20. The highest BCUT2D eigenvalue weighted by Gasteiger charge is 2.38. The van der Waals surface area contributed by atoms with Gasteiger partial charge in [0.25, 0.3) is 0 Å². The highest BCUT2D eigenvalue weighted by Crippen LogP contribution is 2.45. The maximum absolute atomic E-state index is 6.29. The summed E-state index contributed by atoms with van der Waals surface area (Å²) in [7, 11) is 0. The minimum Gasteiger partial charge on any atom is -0.383 e. The maximum atomic E-state index is 6.29. The van der Waals surface area contributed by atoms with E-state index in [0.29, 0.717) is 0 Å². The molecule has 0 N–H and O–H groups in total. The molecule has 0 fully saturated rings. The first-order valence-electron chi connectivity index (χ1n) is 5.91. The number of oxime groups is 1. The van der Waals surface area contributed by atoms with E-state index in [4.69, 9.17) is 16.4 Å². The third-order valence-electron chi connectivity index (χ3n) is 3.38. The Bertz CT molecular complexity index is 661. The SMILES string of the molecule is CC1=NOC(C)(c2sc3cccc(Cl)c3c2C)C1. The summed E-state index contributed by atoms with van der Waals surface area (Å²) in [6, 6.07) is 6.03. The standard InChI is InChI=1S/C14H14ClNOS/c1-8-7-14(3,17-16-8)13-9(2)12-10(15)5-4-6-11(12)18-13/h4-6H,7H2,1-3H3. The van der Waals surface area contributed by atoms with Crippen LogP contribution in [0.4, 0.5) is 0 Å². The largest absolute Gasteiger partial charge is 0.383 e. The summed E-state index contributed by atoms with van der Waals surface area (Å²) in [5.41, 5.74) is 1.93. The van der Waals surface area contributed by atoms with Crippen molar-refractivity contribution in [2.24, 2.45) is 5.16 Å². The Morgan fingerprint density at radius 1 is 1.39 bits per heavy atom. The van der Waals surface area contributed by atoms with E-state index >= 15 is 0 Å². The first-order valence-corrected chi connectivity index (χ1v) is 7.10. The molecule has 1 atom stereocenters. The maximum Gasteiger partial charge on any atom is 0.174 e. The van der Waals surface area contributed by atoms with Gasteiger partial charge in [0.1, 0.15) is 0 Å². The fourth-order valence-corrected chi connectivity index (χ4v) is 4.30. The molecule has 1 aliphatic rings. The van der Waals surface area contributed by atoms with Crippen molar-refractivity contribution < 1.29 is 4.84 Å². The van der Waals surface area contributed by atoms with Crippen LogP contribution in [0.15, 0.2) is 23.4 Å². The van der Waals surface area contributed by atoms with Crippen molar-refractivity contribution in [2.75, 3.05) is 0 Å². The molecule has 94 valence electrons. The number of hydrogen-bond donors (Lipinski definition) is 0. The van der Waals surface area contributed by atoms with Crippen molar-refractivity contribution in [1.29, 1.82) is 0 Å². The van der Waals surface area contributed by atoms with Crippen molar-refractivity contribution >= 4 is 38.7 Å². The molecule has 0 bridgehead atoms. The molecule has 0 saturated heterocycles. The van der Waals surface area contributed by atoms with Gasteiger partial charge in [-0.05, 0) is 38.5 Å². The van der Waals surface area contributed by atoms with Crippen LogP contribution in [0.3, 0.4) is 0 Å². The molecule has 2 heterocycles. The zero-order valence-corrected chi connectivity index (χ0v) is 12.2. The van der Waals surface area contributed by atoms with E-state index in [-0.39, 0.29) is 5.60 Å². The molecular weight excluding hydrogens is 266 g/mol. The van der Waals surface area contributed by atoms with Gasteiger partial charge in [-0.25, -0.2) is 0 Å². The van der Waals surface area contributed by atoms with Crippen molar-refractivity contribution in [3.63, 3.8) is 0 Å². The van der Waals surface area contributed by atoms with E-state index < -0.39 is 0 Å². The Balaban J connectivity index is 2.20. The predicted molar refractivity (Wildman–Crippen MR) is 77.7 cm³/mol. The third kappa shape index (κ3) is 1.65.